The van der Waals surface area contributed by atoms with E-state index in [4.69, 9.17) is 9.72 Å². The van der Waals surface area contributed by atoms with Gasteiger partial charge in [0.2, 0.25) is 5.88 Å². The number of nitrogens with zero attached hydrogens (tertiary/aromatic N) is 3. The van der Waals surface area contributed by atoms with Crippen molar-refractivity contribution in [3.8, 4) is 23.3 Å². The van der Waals surface area contributed by atoms with Crippen LogP contribution in [0.3, 0.4) is 0 Å². The third-order valence-corrected chi connectivity index (χ3v) is 7.37. The van der Waals surface area contributed by atoms with Gasteiger partial charge in [-0.3, -0.25) is 4.79 Å². The number of hydrogen-bond acceptors (Lipinski definition) is 5. The zero-order valence-corrected chi connectivity index (χ0v) is 16.2. The van der Waals surface area contributed by atoms with Crippen LogP contribution in [0.15, 0.2) is 42.0 Å². The van der Waals surface area contributed by atoms with Gasteiger partial charge in [-0.1, -0.05) is 43.3 Å². The highest BCUT2D eigenvalue weighted by atomic mass is 16.5. The molecule has 5 nitrogen and oxygen atoms in total. The number of carbonyl (C=O) groups excluding carboxylic acids is 1. The Bertz CT molecular complexity index is 1100. The van der Waals surface area contributed by atoms with E-state index in [1.807, 2.05) is 43.3 Å². The summed E-state index contributed by atoms with van der Waals surface area (Å²) in [6.07, 6.45) is 4.31. The molecule has 0 radical (unpaired) electrons. The minimum absolute atomic E-state index is 0.0137. The van der Waals surface area contributed by atoms with Gasteiger partial charge in [-0.2, -0.15) is 10.2 Å². The third-order valence-electron chi connectivity index (χ3n) is 7.37. The first-order chi connectivity index (χ1) is 13.4. The zero-order valence-electron chi connectivity index (χ0n) is 16.2. The molecule has 5 rings (SSSR count). The molecule has 0 saturated heterocycles. The van der Waals surface area contributed by atoms with E-state index >= 15 is 0 Å². The molecule has 1 aromatic heterocycles. The highest BCUT2D eigenvalue weighted by molar-refractivity contribution is 6.07. The summed E-state index contributed by atoms with van der Waals surface area (Å²) in [5, 5.41) is 9.60. The second-order valence-electron chi connectivity index (χ2n) is 8.54. The lowest BCUT2D eigenvalue weighted by Crippen LogP contribution is -2.46. The van der Waals surface area contributed by atoms with Crippen molar-refractivity contribution in [2.24, 2.45) is 10.8 Å². The Morgan fingerprint density at radius 3 is 2.61 bits per heavy atom. The number of ether oxygens (including phenoxy) is 1. The molecule has 3 atom stereocenters. The van der Waals surface area contributed by atoms with Crippen molar-refractivity contribution < 1.29 is 9.53 Å². The fourth-order valence-electron chi connectivity index (χ4n) is 5.75. The minimum Gasteiger partial charge on any atom is -0.481 e. The molecule has 1 unspecified atom stereocenters. The van der Waals surface area contributed by atoms with Crippen LogP contribution in [0.1, 0.15) is 37.9 Å². The smallest absolute Gasteiger partial charge is 0.220 e. The number of fused-ring (bicyclic) bond motifs is 2. The molecule has 1 fully saturated rings. The van der Waals surface area contributed by atoms with Crippen LogP contribution in [0.2, 0.25) is 0 Å². The summed E-state index contributed by atoms with van der Waals surface area (Å²) >= 11 is 0. The molecule has 1 spiro atoms. The van der Waals surface area contributed by atoms with Crippen molar-refractivity contribution in [3.05, 3.63) is 53.2 Å². The average Bonchev–Trinajstić information content (AvgIpc) is 3.36. The first kappa shape index (κ1) is 17.1. The van der Waals surface area contributed by atoms with Crippen LogP contribution < -0.4 is 4.74 Å². The number of hydrogen-bond donors (Lipinski definition) is 0. The standard InChI is InChI=1S/C23H21N3O2/c1-21-11-15(12-24)18(27)22(2)13-23(21,22)10-9-16-17(21)25-19(26-20(16)28-3)14-7-5-4-6-8-14/h4-8,11H,9-10,13H2,1-3H3/t21-,22?,23+/m1/s1. The van der Waals surface area contributed by atoms with Gasteiger partial charge in [0.25, 0.3) is 0 Å². The van der Waals surface area contributed by atoms with Gasteiger partial charge in [0, 0.05) is 22.0 Å². The Morgan fingerprint density at radius 2 is 1.93 bits per heavy atom. The van der Waals surface area contributed by atoms with Crippen LogP contribution in [0.25, 0.3) is 11.4 Å². The van der Waals surface area contributed by atoms with Crippen LogP contribution in [0.5, 0.6) is 5.88 Å². The second kappa shape index (κ2) is 5.29. The lowest BCUT2D eigenvalue weighted by Gasteiger charge is -2.45. The van der Waals surface area contributed by atoms with Crippen LogP contribution in [-0.2, 0) is 16.6 Å². The molecule has 3 aliphatic rings. The lowest BCUT2D eigenvalue weighted by molar-refractivity contribution is -0.122. The predicted molar refractivity (Wildman–Crippen MR) is 104 cm³/mol. The molecule has 1 heterocycles. The summed E-state index contributed by atoms with van der Waals surface area (Å²) in [5.41, 5.74) is 1.91. The third kappa shape index (κ3) is 1.83. The average molecular weight is 371 g/mol. The molecule has 0 bridgehead atoms. The number of allylic oxidation sites excluding steroid dienone is 2. The van der Waals surface area contributed by atoms with Crippen LogP contribution >= 0.6 is 0 Å². The van der Waals surface area contributed by atoms with Gasteiger partial charge in [0.15, 0.2) is 11.6 Å². The molecular weight excluding hydrogens is 350 g/mol. The molecule has 1 aromatic carbocycles. The maximum Gasteiger partial charge on any atom is 0.220 e. The van der Waals surface area contributed by atoms with E-state index in [0.717, 1.165) is 36.1 Å². The maximum absolute atomic E-state index is 12.9. The minimum atomic E-state index is -0.492. The second-order valence-corrected chi connectivity index (χ2v) is 8.54. The van der Waals surface area contributed by atoms with E-state index in [9.17, 15) is 10.1 Å². The Balaban J connectivity index is 1.80. The van der Waals surface area contributed by atoms with Gasteiger partial charge in [0.1, 0.15) is 6.07 Å². The van der Waals surface area contributed by atoms with Gasteiger partial charge in [0.05, 0.1) is 18.4 Å². The Hall–Kier alpha value is -3.00. The Labute approximate surface area is 164 Å². The zero-order chi connectivity index (χ0) is 19.7. The van der Waals surface area contributed by atoms with Crippen molar-refractivity contribution in [2.75, 3.05) is 7.11 Å². The molecule has 0 N–H and O–H groups in total. The monoisotopic (exact) mass is 371 g/mol. The number of Topliss-reactive ketones (excluding diaryl/α,β-unsaturated/α-hetero) is 1. The number of nitriles is 1. The number of methoxy groups -OCH3 is 1. The van der Waals surface area contributed by atoms with E-state index in [-0.39, 0.29) is 16.8 Å². The summed E-state index contributed by atoms with van der Waals surface area (Å²) in [4.78, 5) is 22.5. The normalized spacial score (nSPS) is 32.4. The number of rotatable bonds is 2. The molecule has 1 saturated carbocycles. The van der Waals surface area contributed by atoms with Crippen LogP contribution in [0.4, 0.5) is 0 Å². The van der Waals surface area contributed by atoms with E-state index in [0.29, 0.717) is 11.7 Å². The SMILES string of the molecule is COc1nc(-c2ccccc2)nc2c1CC[C@@]13CC1(C)C(=O)C(C#N)=C[C@]23C. The predicted octanol–water partition coefficient (Wildman–Crippen LogP) is 3.79. The molecule has 2 aromatic rings. The maximum atomic E-state index is 12.9. The number of aromatic nitrogens is 2. The van der Waals surface area contributed by atoms with Gasteiger partial charge < -0.3 is 4.74 Å². The summed E-state index contributed by atoms with van der Waals surface area (Å²) < 4.78 is 5.64. The topological polar surface area (TPSA) is 75.9 Å². The van der Waals surface area contributed by atoms with Crippen molar-refractivity contribution in [2.45, 2.75) is 38.5 Å². The first-order valence-corrected chi connectivity index (χ1v) is 9.59. The molecule has 28 heavy (non-hydrogen) atoms. The van der Waals surface area contributed by atoms with E-state index in [2.05, 4.69) is 18.0 Å². The van der Waals surface area contributed by atoms with Gasteiger partial charge in [-0.15, -0.1) is 0 Å². The van der Waals surface area contributed by atoms with Crippen molar-refractivity contribution in [1.82, 2.24) is 9.97 Å². The quantitative estimate of drug-likeness (QED) is 0.803. The fourth-order valence-corrected chi connectivity index (χ4v) is 5.75. The van der Waals surface area contributed by atoms with E-state index < -0.39 is 10.8 Å². The van der Waals surface area contributed by atoms with Crippen molar-refractivity contribution in [1.29, 1.82) is 5.26 Å². The highest BCUT2D eigenvalue weighted by Crippen LogP contribution is 2.78. The lowest BCUT2D eigenvalue weighted by atomic mass is 9.57. The summed E-state index contributed by atoms with van der Waals surface area (Å²) in [5.74, 6) is 1.19. The largest absolute Gasteiger partial charge is 0.481 e. The Morgan fingerprint density at radius 1 is 1.18 bits per heavy atom. The highest BCUT2D eigenvalue weighted by Gasteiger charge is 2.78. The number of benzene rings is 1. The molecule has 0 aliphatic heterocycles. The van der Waals surface area contributed by atoms with Crippen molar-refractivity contribution >= 4 is 5.78 Å². The van der Waals surface area contributed by atoms with Crippen molar-refractivity contribution in [3.63, 3.8) is 0 Å². The fraction of sp³-hybridized carbons (Fsp3) is 0.391. The Kier molecular flexibility index (Phi) is 3.23. The van der Waals surface area contributed by atoms with Crippen LogP contribution in [-0.4, -0.2) is 22.9 Å². The van der Waals surface area contributed by atoms with Gasteiger partial charge in [-0.25, -0.2) is 4.98 Å². The number of ketones is 1. The summed E-state index contributed by atoms with van der Waals surface area (Å²) in [6, 6.07) is 12.0. The van der Waals surface area contributed by atoms with Gasteiger partial charge >= 0.3 is 0 Å². The molecule has 3 aliphatic carbocycles. The summed E-state index contributed by atoms with van der Waals surface area (Å²) in [7, 11) is 1.63. The molecule has 5 heteroatoms. The molecule has 0 amide bonds. The summed E-state index contributed by atoms with van der Waals surface area (Å²) in [6.45, 7) is 4.14. The first-order valence-electron chi connectivity index (χ1n) is 9.59. The van der Waals surface area contributed by atoms with Crippen LogP contribution in [0, 0.1) is 22.2 Å². The van der Waals surface area contributed by atoms with E-state index in [1.54, 1.807) is 7.11 Å². The molecule has 140 valence electrons. The molecular formula is C23H21N3O2. The van der Waals surface area contributed by atoms with Gasteiger partial charge in [-0.05, 0) is 31.6 Å². The van der Waals surface area contributed by atoms with E-state index in [1.165, 1.54) is 0 Å². The number of carbonyl (C=O) groups is 1.